The van der Waals surface area contributed by atoms with Crippen LogP contribution in [0.4, 0.5) is 8.78 Å². The highest BCUT2D eigenvalue weighted by Crippen LogP contribution is 2.43. The zero-order chi connectivity index (χ0) is 19.3. The van der Waals surface area contributed by atoms with E-state index in [1.54, 1.807) is 0 Å². The number of benzene rings is 1. The van der Waals surface area contributed by atoms with E-state index < -0.39 is 17.7 Å². The lowest BCUT2D eigenvalue weighted by molar-refractivity contribution is -0.0488. The first-order valence-corrected chi connectivity index (χ1v) is 10.8. The first-order chi connectivity index (χ1) is 13.5. The molecule has 0 bridgehead atoms. The Kier molecular flexibility index (Phi) is 4.94. The van der Waals surface area contributed by atoms with Gasteiger partial charge in [0.1, 0.15) is 17.7 Å². The Morgan fingerprint density at radius 3 is 2.75 bits per heavy atom. The summed E-state index contributed by atoms with van der Waals surface area (Å²) in [6.45, 7) is 6.52. The molecule has 3 heterocycles. The zero-order valence-electron chi connectivity index (χ0n) is 16.5. The minimum atomic E-state index is -0.566. The van der Waals surface area contributed by atoms with Gasteiger partial charge in [-0.05, 0) is 74.7 Å². The standard InChI is InChI=1S/C22H31F2N3O/c23-16-3-4-19(24)18(9-16)21-20(25)10-17(12-28-21)27-8-6-22(14-27)5-7-26(13-22)11-15-1-2-15/h3-4,9,15,17,20-21H,1-2,5-8,10-14,25H2. The molecular weight excluding hydrogens is 360 g/mol. The average molecular weight is 392 g/mol. The normalized spacial score (nSPS) is 37.2. The van der Waals surface area contributed by atoms with Gasteiger partial charge < -0.3 is 15.4 Å². The quantitative estimate of drug-likeness (QED) is 0.857. The maximum Gasteiger partial charge on any atom is 0.129 e. The van der Waals surface area contributed by atoms with Crippen LogP contribution >= 0.6 is 0 Å². The lowest BCUT2D eigenvalue weighted by atomic mass is 9.86. The van der Waals surface area contributed by atoms with E-state index in [0.29, 0.717) is 12.0 Å². The Bertz CT molecular complexity index is 728. The third-order valence-electron chi connectivity index (χ3n) is 7.38. The van der Waals surface area contributed by atoms with Crippen molar-refractivity contribution in [2.45, 2.75) is 50.3 Å². The summed E-state index contributed by atoms with van der Waals surface area (Å²) >= 11 is 0. The molecule has 0 radical (unpaired) electrons. The molecule has 1 aromatic rings. The largest absolute Gasteiger partial charge is 0.370 e. The summed E-state index contributed by atoms with van der Waals surface area (Å²) in [5.41, 5.74) is 7.05. The molecule has 2 N–H and O–H groups in total. The lowest BCUT2D eigenvalue weighted by Gasteiger charge is -2.39. The molecule has 0 amide bonds. The van der Waals surface area contributed by atoms with Crippen LogP contribution in [-0.2, 0) is 4.74 Å². The van der Waals surface area contributed by atoms with Gasteiger partial charge in [-0.2, -0.15) is 0 Å². The van der Waals surface area contributed by atoms with Crippen molar-refractivity contribution in [3.05, 3.63) is 35.4 Å². The van der Waals surface area contributed by atoms with E-state index in [9.17, 15) is 8.78 Å². The van der Waals surface area contributed by atoms with Gasteiger partial charge >= 0.3 is 0 Å². The Morgan fingerprint density at radius 2 is 1.96 bits per heavy atom. The summed E-state index contributed by atoms with van der Waals surface area (Å²) in [6.07, 6.45) is 5.58. The Labute approximate surface area is 166 Å². The molecule has 3 saturated heterocycles. The molecule has 4 fully saturated rings. The molecule has 1 saturated carbocycles. The van der Waals surface area contributed by atoms with Crippen LogP contribution in [0.3, 0.4) is 0 Å². The van der Waals surface area contributed by atoms with Crippen molar-refractivity contribution >= 4 is 0 Å². The van der Waals surface area contributed by atoms with Crippen LogP contribution in [0.2, 0.25) is 0 Å². The summed E-state index contributed by atoms with van der Waals surface area (Å²) in [4.78, 5) is 5.21. The predicted octanol–water partition coefficient (Wildman–Crippen LogP) is 2.93. The number of likely N-dealkylation sites (tertiary alicyclic amines) is 2. The molecule has 1 spiro atoms. The van der Waals surface area contributed by atoms with Gasteiger partial charge in [-0.15, -0.1) is 0 Å². The summed E-state index contributed by atoms with van der Waals surface area (Å²) in [5.74, 6) is 0.0625. The molecule has 1 aromatic carbocycles. The second kappa shape index (κ2) is 7.31. The highest BCUT2D eigenvalue weighted by atomic mass is 19.1. The molecule has 4 aliphatic rings. The van der Waals surface area contributed by atoms with Gasteiger partial charge in [0, 0.05) is 37.3 Å². The summed E-state index contributed by atoms with van der Waals surface area (Å²) in [5, 5.41) is 0. The van der Waals surface area contributed by atoms with Gasteiger partial charge in [0.05, 0.1) is 6.61 Å². The van der Waals surface area contributed by atoms with Crippen molar-refractivity contribution in [3.8, 4) is 0 Å². The zero-order valence-corrected chi connectivity index (χ0v) is 16.5. The van der Waals surface area contributed by atoms with Crippen LogP contribution in [0, 0.1) is 23.0 Å². The average Bonchev–Trinajstić information content (AvgIpc) is 3.26. The van der Waals surface area contributed by atoms with Crippen LogP contribution in [-0.4, -0.2) is 61.2 Å². The number of hydrogen-bond donors (Lipinski definition) is 1. The first-order valence-electron chi connectivity index (χ1n) is 10.8. The Hall–Kier alpha value is -1.08. The van der Waals surface area contributed by atoms with Gasteiger partial charge in [0.15, 0.2) is 0 Å². The number of ether oxygens (including phenoxy) is 1. The van der Waals surface area contributed by atoms with Crippen molar-refractivity contribution in [3.63, 3.8) is 0 Å². The highest BCUT2D eigenvalue weighted by Gasteiger charge is 2.46. The highest BCUT2D eigenvalue weighted by molar-refractivity contribution is 5.23. The third-order valence-corrected chi connectivity index (χ3v) is 7.38. The van der Waals surface area contributed by atoms with E-state index in [-0.39, 0.29) is 17.6 Å². The first kappa shape index (κ1) is 18.9. The van der Waals surface area contributed by atoms with E-state index in [2.05, 4.69) is 9.80 Å². The van der Waals surface area contributed by atoms with Crippen molar-refractivity contribution in [2.75, 3.05) is 39.3 Å². The lowest BCUT2D eigenvalue weighted by Crippen LogP contribution is -2.49. The second-order valence-electron chi connectivity index (χ2n) is 9.62. The fourth-order valence-electron chi connectivity index (χ4n) is 5.62. The van der Waals surface area contributed by atoms with Crippen LogP contribution < -0.4 is 5.73 Å². The SMILES string of the molecule is NC1CC(N2CCC3(CCN(CC4CC4)C3)C2)COC1c1cc(F)ccc1F. The summed E-state index contributed by atoms with van der Waals surface area (Å²) in [6, 6.07) is 3.47. The number of halogens is 2. The molecule has 4 unspecified atom stereocenters. The van der Waals surface area contributed by atoms with E-state index in [4.69, 9.17) is 10.5 Å². The molecule has 4 nitrogen and oxygen atoms in total. The van der Waals surface area contributed by atoms with Crippen molar-refractivity contribution < 1.29 is 13.5 Å². The van der Waals surface area contributed by atoms with E-state index in [1.807, 2.05) is 0 Å². The second-order valence-corrected chi connectivity index (χ2v) is 9.62. The van der Waals surface area contributed by atoms with Crippen LogP contribution in [0.1, 0.15) is 43.8 Å². The number of hydrogen-bond acceptors (Lipinski definition) is 4. The molecule has 1 aliphatic carbocycles. The van der Waals surface area contributed by atoms with Gasteiger partial charge in [-0.1, -0.05) is 0 Å². The minimum absolute atomic E-state index is 0.246. The van der Waals surface area contributed by atoms with Crippen LogP contribution in [0.15, 0.2) is 18.2 Å². The fraction of sp³-hybridized carbons (Fsp3) is 0.727. The topological polar surface area (TPSA) is 41.7 Å². The van der Waals surface area contributed by atoms with Gasteiger partial charge in [-0.3, -0.25) is 4.90 Å². The summed E-state index contributed by atoms with van der Waals surface area (Å²) < 4.78 is 33.7. The molecule has 28 heavy (non-hydrogen) atoms. The summed E-state index contributed by atoms with van der Waals surface area (Å²) in [7, 11) is 0. The molecule has 154 valence electrons. The van der Waals surface area contributed by atoms with Crippen molar-refractivity contribution in [1.29, 1.82) is 0 Å². The molecular formula is C22H31F2N3O. The van der Waals surface area contributed by atoms with Crippen molar-refractivity contribution in [1.82, 2.24) is 9.80 Å². The van der Waals surface area contributed by atoms with Crippen molar-refractivity contribution in [2.24, 2.45) is 17.1 Å². The van der Waals surface area contributed by atoms with E-state index in [0.717, 1.165) is 37.6 Å². The smallest absolute Gasteiger partial charge is 0.129 e. The van der Waals surface area contributed by atoms with Crippen LogP contribution in [0.25, 0.3) is 0 Å². The minimum Gasteiger partial charge on any atom is -0.370 e. The number of nitrogens with zero attached hydrogens (tertiary/aromatic N) is 2. The maximum atomic E-state index is 14.1. The number of rotatable bonds is 4. The van der Waals surface area contributed by atoms with Gasteiger partial charge in [0.25, 0.3) is 0 Å². The third kappa shape index (κ3) is 3.72. The van der Waals surface area contributed by atoms with E-state index in [1.165, 1.54) is 51.4 Å². The predicted molar refractivity (Wildman–Crippen MR) is 104 cm³/mol. The molecule has 5 rings (SSSR count). The number of nitrogens with two attached hydrogens (primary N) is 1. The molecule has 6 heteroatoms. The van der Waals surface area contributed by atoms with Crippen LogP contribution in [0.5, 0.6) is 0 Å². The van der Waals surface area contributed by atoms with Gasteiger partial charge in [-0.25, -0.2) is 8.78 Å². The van der Waals surface area contributed by atoms with Gasteiger partial charge in [0.2, 0.25) is 0 Å². The Morgan fingerprint density at radius 1 is 1.14 bits per heavy atom. The van der Waals surface area contributed by atoms with E-state index >= 15 is 0 Å². The Balaban J connectivity index is 1.19. The molecule has 4 atom stereocenters. The molecule has 0 aromatic heterocycles. The molecule has 3 aliphatic heterocycles. The monoisotopic (exact) mass is 391 g/mol. The fourth-order valence-corrected chi connectivity index (χ4v) is 5.62. The maximum absolute atomic E-state index is 14.1.